The van der Waals surface area contributed by atoms with Gasteiger partial charge in [0.1, 0.15) is 59.8 Å². The van der Waals surface area contributed by atoms with Crippen molar-refractivity contribution in [2.75, 3.05) is 28.7 Å². The number of hydrogen-bond acceptors (Lipinski definition) is 35. The highest BCUT2D eigenvalue weighted by Gasteiger charge is 2.39. The first-order chi connectivity index (χ1) is 57.2. The van der Waals surface area contributed by atoms with Gasteiger partial charge in [-0.15, -0.1) is 25.5 Å². The van der Waals surface area contributed by atoms with Gasteiger partial charge in [-0.25, -0.2) is 74.8 Å². The Morgan fingerprint density at radius 3 is 0.592 bits per heavy atom. The molecule has 10 unspecified atom stereocenters. The highest BCUT2D eigenvalue weighted by atomic mass is 16.4. The van der Waals surface area contributed by atoms with Crippen molar-refractivity contribution in [3.8, 4) is 57.9 Å². The topological polar surface area (TPSA) is 577 Å². The zero-order chi connectivity index (χ0) is 84.5. The Balaban J connectivity index is 0.000000112. The fourth-order valence-electron chi connectivity index (χ4n) is 17.4. The van der Waals surface area contributed by atoms with Crippen molar-refractivity contribution in [1.29, 1.82) is 0 Å². The smallest absolute Gasteiger partial charge is 0.245 e. The number of aryl methyl sites for hydroxylation is 5. The second-order valence-electron chi connectivity index (χ2n) is 33.9. The lowest BCUT2D eigenvalue weighted by Gasteiger charge is -2.32. The van der Waals surface area contributed by atoms with E-state index < -0.39 is 28.0 Å². The summed E-state index contributed by atoms with van der Waals surface area (Å²) in [5.74, 6) is 7.39. The van der Waals surface area contributed by atoms with Crippen LogP contribution >= 0.6 is 0 Å². The molecule has 10 atom stereocenters. The number of nitrogens with zero attached hydrogens (tertiary/aromatic N) is 25. The molecule has 0 radical (unpaired) electrons. The highest BCUT2D eigenvalue weighted by molar-refractivity contribution is 5.70. The molecular formula is C80H100N30O10. The molecule has 15 aromatic heterocycles. The molecule has 15 aromatic rings. The summed E-state index contributed by atoms with van der Waals surface area (Å²) in [6, 6.07) is 0. The lowest BCUT2D eigenvalue weighted by Crippen LogP contribution is -2.31. The number of aromatic nitrogens is 25. The van der Waals surface area contributed by atoms with Crippen LogP contribution < -0.4 is 28.7 Å². The first kappa shape index (κ1) is 81.3. The van der Waals surface area contributed by atoms with E-state index in [4.69, 9.17) is 50.8 Å². The fourth-order valence-corrected chi connectivity index (χ4v) is 17.4. The van der Waals surface area contributed by atoms with E-state index in [1.54, 1.807) is 53.6 Å². The molecule has 5 saturated carbocycles. The molecule has 5 aliphatic carbocycles. The zero-order valence-electron chi connectivity index (χ0n) is 68.6. The molecule has 5 aliphatic rings. The molecule has 0 saturated heterocycles. The van der Waals surface area contributed by atoms with E-state index in [1.165, 1.54) is 31.3 Å². The van der Waals surface area contributed by atoms with Gasteiger partial charge in [-0.1, -0.05) is 0 Å². The number of nitrogens with two attached hydrogens (primary N) is 5. The predicted molar refractivity (Wildman–Crippen MR) is 436 cm³/mol. The molecule has 15 N–H and O–H groups in total. The molecule has 0 bridgehead atoms. The molecular weight excluding hydrogens is 1540 g/mol. The SMILES string of the molecule is Cc1c(-c2ncco2)nc(N)n2nc(C3CCCC(C)(O)C3)nc12.Cc1c(-c2ncco2)nc(N)n2nc(C3CCCC(C)(O)C3)nc12.Cc1c(-c2ncco2)nc(N)n2nc(C3CCCC(C)(O)C3)nc12.Cc1c(-c2ncco2)nc(N)n2nc(C3CCCC(C)(O)C3)nc12.Cc1c(-c2ncco2)nc(N)n2nc(C3CCCC(C)(O)C3)nc12. The lowest BCUT2D eigenvalue weighted by atomic mass is 9.79. The maximum Gasteiger partial charge on any atom is 0.245 e. The van der Waals surface area contributed by atoms with Crippen LogP contribution in [0.3, 0.4) is 0 Å². The van der Waals surface area contributed by atoms with Gasteiger partial charge in [0.15, 0.2) is 57.4 Å². The zero-order valence-corrected chi connectivity index (χ0v) is 68.6. The molecule has 120 heavy (non-hydrogen) atoms. The van der Waals surface area contributed by atoms with Gasteiger partial charge in [0, 0.05) is 57.4 Å². The second kappa shape index (κ2) is 32.0. The summed E-state index contributed by atoms with van der Waals surface area (Å²) < 4.78 is 34.5. The highest BCUT2D eigenvalue weighted by Crippen LogP contribution is 2.44. The molecule has 0 aliphatic heterocycles. The molecule has 0 spiro atoms. The lowest BCUT2D eigenvalue weighted by molar-refractivity contribution is 0.0129. The van der Waals surface area contributed by atoms with Crippen molar-refractivity contribution in [3.63, 3.8) is 0 Å². The number of hydrogen-bond donors (Lipinski definition) is 10. The summed E-state index contributed by atoms with van der Waals surface area (Å²) in [5.41, 5.74) is 37.1. The van der Waals surface area contributed by atoms with E-state index in [0.29, 0.717) is 147 Å². The van der Waals surface area contributed by atoms with Crippen LogP contribution in [0.5, 0.6) is 0 Å². The van der Waals surface area contributed by atoms with Crippen LogP contribution in [0.15, 0.2) is 84.4 Å². The van der Waals surface area contributed by atoms with Crippen LogP contribution in [0.2, 0.25) is 0 Å². The third kappa shape index (κ3) is 16.8. The summed E-state index contributed by atoms with van der Waals surface area (Å²) in [6.07, 6.45) is 32.3. The van der Waals surface area contributed by atoms with E-state index in [0.717, 1.165) is 124 Å². The van der Waals surface area contributed by atoms with E-state index in [-0.39, 0.29) is 59.3 Å². The molecule has 5 fully saturated rings. The minimum atomic E-state index is -0.664. The Labute approximate surface area is 686 Å². The minimum Gasteiger partial charge on any atom is -0.443 e. The van der Waals surface area contributed by atoms with Crippen molar-refractivity contribution in [2.24, 2.45) is 0 Å². The minimum absolute atomic E-state index is 0.123. The summed E-state index contributed by atoms with van der Waals surface area (Å²) >= 11 is 0. The van der Waals surface area contributed by atoms with Crippen LogP contribution in [-0.4, -0.2) is 176 Å². The van der Waals surface area contributed by atoms with Crippen LogP contribution in [0.25, 0.3) is 86.2 Å². The summed E-state index contributed by atoms with van der Waals surface area (Å²) in [6.45, 7) is 18.9. The Kier molecular flexibility index (Phi) is 21.7. The average molecular weight is 1640 g/mol. The molecule has 0 amide bonds. The Hall–Kier alpha value is -12.4. The standard InChI is InChI=1S/5C16H20N6O2/c5*1-9-11(14-18-6-7-24-14)19-15(17)22-13(9)20-12(21-22)10-4-3-5-16(2,23)8-10/h5*6-7,10,23H,3-5,8H2,1-2H3,(H2,17,19). The van der Waals surface area contributed by atoms with Gasteiger partial charge < -0.3 is 76.3 Å². The largest absolute Gasteiger partial charge is 0.443 e. The molecule has 630 valence electrons. The summed E-state index contributed by atoms with van der Waals surface area (Å²) in [4.78, 5) is 65.9. The third-order valence-corrected chi connectivity index (χ3v) is 23.6. The number of fused-ring (bicyclic) bond motifs is 5. The van der Waals surface area contributed by atoms with Gasteiger partial charge in [0.25, 0.3) is 0 Å². The Morgan fingerprint density at radius 2 is 0.450 bits per heavy atom. The quantitative estimate of drug-likeness (QED) is 0.0608. The normalized spacial score (nSPS) is 24.5. The summed E-state index contributed by atoms with van der Waals surface area (Å²) in [5, 5.41) is 74.4. The number of oxazole rings is 5. The predicted octanol–water partition coefficient (Wildman–Crippen LogP) is 10.4. The van der Waals surface area contributed by atoms with Gasteiger partial charge in [0.05, 0.1) is 59.0 Å². The van der Waals surface area contributed by atoms with Crippen molar-refractivity contribution in [2.45, 2.75) is 255 Å². The Morgan fingerprint density at radius 1 is 0.283 bits per heavy atom. The first-order valence-corrected chi connectivity index (χ1v) is 40.5. The van der Waals surface area contributed by atoms with Crippen LogP contribution in [-0.2, 0) is 0 Å². The Bertz CT molecular complexity index is 5280. The van der Waals surface area contributed by atoms with Gasteiger partial charge in [-0.3, -0.25) is 0 Å². The maximum atomic E-state index is 10.3. The number of nitrogen functional groups attached to an aromatic ring is 5. The summed E-state index contributed by atoms with van der Waals surface area (Å²) in [7, 11) is 0. The molecule has 40 nitrogen and oxygen atoms in total. The van der Waals surface area contributed by atoms with Gasteiger partial charge in [-0.05, 0) is 198 Å². The maximum absolute atomic E-state index is 10.3. The van der Waals surface area contributed by atoms with Gasteiger partial charge in [0.2, 0.25) is 59.2 Å². The van der Waals surface area contributed by atoms with Crippen LogP contribution in [0, 0.1) is 34.6 Å². The average Bonchev–Trinajstić information content (AvgIpc) is 1.63. The third-order valence-electron chi connectivity index (χ3n) is 23.6. The van der Waals surface area contributed by atoms with E-state index >= 15 is 0 Å². The van der Waals surface area contributed by atoms with Crippen molar-refractivity contribution in [3.05, 3.63) is 119 Å². The van der Waals surface area contributed by atoms with Crippen molar-refractivity contribution in [1.82, 2.24) is 123 Å². The number of aliphatic hydroxyl groups is 5. The van der Waals surface area contributed by atoms with Crippen LogP contribution in [0.4, 0.5) is 29.7 Å². The van der Waals surface area contributed by atoms with Gasteiger partial charge >= 0.3 is 0 Å². The fraction of sp³-hybridized carbons (Fsp3) is 0.500. The van der Waals surface area contributed by atoms with E-state index in [1.807, 2.05) is 69.2 Å². The van der Waals surface area contributed by atoms with E-state index in [9.17, 15) is 25.5 Å². The number of rotatable bonds is 10. The first-order valence-electron chi connectivity index (χ1n) is 40.5. The second-order valence-corrected chi connectivity index (χ2v) is 33.9. The number of anilines is 5. The van der Waals surface area contributed by atoms with Gasteiger partial charge in [-0.2, -0.15) is 22.6 Å². The molecule has 20 rings (SSSR count). The van der Waals surface area contributed by atoms with Crippen molar-refractivity contribution >= 4 is 58.0 Å². The van der Waals surface area contributed by atoms with E-state index in [2.05, 4.69) is 100 Å². The molecule has 40 heteroatoms. The molecule has 15 heterocycles. The molecule has 0 aromatic carbocycles. The monoisotopic (exact) mass is 1640 g/mol. The van der Waals surface area contributed by atoms with Crippen molar-refractivity contribution < 1.29 is 47.6 Å². The van der Waals surface area contributed by atoms with Crippen LogP contribution in [0.1, 0.15) is 250 Å².